The number of hydrogen-bond donors (Lipinski definition) is 3. The Morgan fingerprint density at radius 2 is 1.03 bits per heavy atom. The van der Waals surface area contributed by atoms with Crippen LogP contribution in [-0.2, 0) is 10.1 Å². The van der Waals surface area contributed by atoms with Crippen LogP contribution in [0.15, 0.2) is 0 Å². The molecule has 0 amide bonds. The smallest absolute Gasteiger partial charge is 0.102 e. The van der Waals surface area contributed by atoms with Crippen LogP contribution >= 0.6 is 0 Å². The average molecular weight is 510 g/mol. The molecule has 3 N–H and O–H groups in total. The van der Waals surface area contributed by atoms with Crippen molar-refractivity contribution in [3.05, 3.63) is 0 Å². The monoisotopic (exact) mass is 509 g/mol. The van der Waals surface area contributed by atoms with Gasteiger partial charge in [-0.15, -0.1) is 0 Å². The van der Waals surface area contributed by atoms with Crippen LogP contribution in [0.3, 0.4) is 0 Å². The van der Waals surface area contributed by atoms with E-state index < -0.39 is 22.0 Å². The summed E-state index contributed by atoms with van der Waals surface area (Å²) < 4.78 is 33.0. The van der Waals surface area contributed by atoms with Gasteiger partial charge in [-0.05, 0) is 12.8 Å². The molecule has 0 saturated heterocycles. The SMILES string of the molecule is CCCCCCCCCCCCCCCCCC[N+](CCO)(CCO)CCC(O)CS(=O)(=O)[O-]. The maximum Gasteiger partial charge on any atom is 0.102 e. The van der Waals surface area contributed by atoms with Gasteiger partial charge in [-0.2, -0.15) is 0 Å². The Hall–Kier alpha value is -0.250. The molecular weight excluding hydrogens is 454 g/mol. The molecule has 0 bridgehead atoms. The van der Waals surface area contributed by atoms with Crippen LogP contribution < -0.4 is 0 Å². The van der Waals surface area contributed by atoms with Gasteiger partial charge in [-0.3, -0.25) is 0 Å². The van der Waals surface area contributed by atoms with Crippen molar-refractivity contribution in [2.24, 2.45) is 0 Å². The molecule has 0 fully saturated rings. The third-order valence-electron chi connectivity index (χ3n) is 6.97. The molecule has 34 heavy (non-hydrogen) atoms. The van der Waals surface area contributed by atoms with Crippen LogP contribution in [-0.4, -0.2) is 84.0 Å². The van der Waals surface area contributed by atoms with E-state index in [-0.39, 0.29) is 19.6 Å². The van der Waals surface area contributed by atoms with Crippen LogP contribution in [0.4, 0.5) is 0 Å². The van der Waals surface area contributed by atoms with Gasteiger partial charge in [0.2, 0.25) is 0 Å². The second-order valence-electron chi connectivity index (χ2n) is 10.2. The molecule has 0 aliphatic heterocycles. The van der Waals surface area contributed by atoms with E-state index in [4.69, 9.17) is 0 Å². The van der Waals surface area contributed by atoms with E-state index >= 15 is 0 Å². The lowest BCUT2D eigenvalue weighted by Crippen LogP contribution is -2.53. The highest BCUT2D eigenvalue weighted by molar-refractivity contribution is 7.85. The third kappa shape index (κ3) is 21.1. The van der Waals surface area contributed by atoms with Crippen molar-refractivity contribution in [1.82, 2.24) is 0 Å². The minimum Gasteiger partial charge on any atom is -0.748 e. The number of aliphatic hydroxyl groups excluding tert-OH is 3. The quantitative estimate of drug-likeness (QED) is 0.0906. The summed E-state index contributed by atoms with van der Waals surface area (Å²) in [5.74, 6) is -0.787. The van der Waals surface area contributed by atoms with Crippen molar-refractivity contribution < 1.29 is 32.8 Å². The van der Waals surface area contributed by atoms with Gasteiger partial charge in [-0.25, -0.2) is 8.42 Å². The molecule has 0 aromatic carbocycles. The first-order chi connectivity index (χ1) is 16.3. The summed E-state index contributed by atoms with van der Waals surface area (Å²) in [6.07, 6.45) is 19.8. The number of aliphatic hydroxyl groups is 3. The van der Waals surface area contributed by atoms with E-state index in [1.807, 2.05) is 0 Å². The molecule has 206 valence electrons. The van der Waals surface area contributed by atoms with E-state index in [1.54, 1.807) is 0 Å². The van der Waals surface area contributed by atoms with Gasteiger partial charge in [0.05, 0.1) is 48.3 Å². The first-order valence-corrected chi connectivity index (χ1v) is 15.5. The fourth-order valence-electron chi connectivity index (χ4n) is 4.83. The Bertz CT molecular complexity index is 537. The highest BCUT2D eigenvalue weighted by Gasteiger charge is 2.27. The molecule has 0 aliphatic rings. The summed E-state index contributed by atoms with van der Waals surface area (Å²) >= 11 is 0. The molecule has 8 heteroatoms. The van der Waals surface area contributed by atoms with E-state index in [2.05, 4.69) is 6.92 Å². The maximum absolute atomic E-state index is 10.9. The lowest BCUT2D eigenvalue weighted by atomic mass is 10.0. The lowest BCUT2D eigenvalue weighted by Gasteiger charge is -2.38. The molecule has 0 aromatic heterocycles. The highest BCUT2D eigenvalue weighted by atomic mass is 32.2. The second-order valence-corrected chi connectivity index (χ2v) is 11.6. The molecule has 1 atom stereocenters. The Morgan fingerprint density at radius 1 is 0.647 bits per heavy atom. The molecule has 0 saturated carbocycles. The van der Waals surface area contributed by atoms with Crippen LogP contribution in [0, 0.1) is 0 Å². The van der Waals surface area contributed by atoms with E-state index in [9.17, 15) is 28.3 Å². The zero-order chi connectivity index (χ0) is 25.5. The Morgan fingerprint density at radius 3 is 1.38 bits per heavy atom. The van der Waals surface area contributed by atoms with Crippen LogP contribution in [0.25, 0.3) is 0 Å². The predicted octanol–water partition coefficient (Wildman–Crippen LogP) is 4.35. The van der Waals surface area contributed by atoms with Crippen molar-refractivity contribution in [2.45, 2.75) is 122 Å². The Kier molecular flexibility index (Phi) is 21.8. The zero-order valence-corrected chi connectivity index (χ0v) is 22.8. The second kappa shape index (κ2) is 22.0. The van der Waals surface area contributed by atoms with Gasteiger partial charge >= 0.3 is 0 Å². The molecule has 0 aromatic rings. The summed E-state index contributed by atoms with van der Waals surface area (Å²) in [6.45, 7) is 4.32. The normalized spacial score (nSPS) is 13.4. The topological polar surface area (TPSA) is 118 Å². The minimum atomic E-state index is -4.47. The summed E-state index contributed by atoms with van der Waals surface area (Å²) in [4.78, 5) is 0. The first-order valence-electron chi connectivity index (χ1n) is 14.0. The van der Waals surface area contributed by atoms with Crippen molar-refractivity contribution in [3.63, 3.8) is 0 Å². The summed E-state index contributed by atoms with van der Waals surface area (Å²) in [6, 6.07) is 0. The summed E-state index contributed by atoms with van der Waals surface area (Å²) in [5.41, 5.74) is 0. The molecule has 0 spiro atoms. The van der Waals surface area contributed by atoms with E-state index in [1.165, 1.54) is 89.9 Å². The lowest BCUT2D eigenvalue weighted by molar-refractivity contribution is -0.929. The van der Waals surface area contributed by atoms with Crippen LogP contribution in [0.2, 0.25) is 0 Å². The predicted molar refractivity (Wildman–Crippen MR) is 139 cm³/mol. The van der Waals surface area contributed by atoms with Crippen molar-refractivity contribution in [2.75, 3.05) is 45.1 Å². The third-order valence-corrected chi connectivity index (χ3v) is 7.76. The Labute approximate surface area is 210 Å². The van der Waals surface area contributed by atoms with Gasteiger partial charge in [-0.1, -0.05) is 96.8 Å². The number of quaternary nitrogens is 1. The first kappa shape index (κ1) is 33.8. The molecule has 0 heterocycles. The standard InChI is InChI=1S/C26H55NO6S/c1-2-3-4-5-6-7-8-9-10-11-12-13-14-15-16-17-19-27(21-23-28,22-24-29)20-18-26(30)25-34(31,32)33/h26,28-30H,2-25H2,1H3. The van der Waals surface area contributed by atoms with Gasteiger partial charge in [0, 0.05) is 6.42 Å². The molecular formula is C26H55NO6S. The van der Waals surface area contributed by atoms with Gasteiger partial charge in [0.15, 0.2) is 0 Å². The molecule has 0 rings (SSSR count). The number of rotatable bonds is 26. The van der Waals surface area contributed by atoms with Crippen molar-refractivity contribution >= 4 is 10.1 Å². The van der Waals surface area contributed by atoms with Gasteiger partial charge in [0.1, 0.15) is 13.1 Å². The average Bonchev–Trinajstić information content (AvgIpc) is 2.76. The zero-order valence-electron chi connectivity index (χ0n) is 22.0. The van der Waals surface area contributed by atoms with Crippen LogP contribution in [0.5, 0.6) is 0 Å². The van der Waals surface area contributed by atoms with Gasteiger partial charge < -0.3 is 24.4 Å². The molecule has 7 nitrogen and oxygen atoms in total. The highest BCUT2D eigenvalue weighted by Crippen LogP contribution is 2.16. The fourth-order valence-corrected chi connectivity index (χ4v) is 5.47. The van der Waals surface area contributed by atoms with E-state index in [0.29, 0.717) is 24.1 Å². The number of unbranched alkanes of at least 4 members (excludes halogenated alkanes) is 15. The minimum absolute atomic E-state index is 0.0329. The van der Waals surface area contributed by atoms with E-state index in [0.717, 1.165) is 19.4 Å². The molecule has 0 aliphatic carbocycles. The van der Waals surface area contributed by atoms with Crippen molar-refractivity contribution in [1.29, 1.82) is 0 Å². The number of nitrogens with zero attached hydrogens (tertiary/aromatic N) is 1. The molecule has 1 unspecified atom stereocenters. The van der Waals surface area contributed by atoms with Crippen LogP contribution in [0.1, 0.15) is 116 Å². The van der Waals surface area contributed by atoms with Gasteiger partial charge in [0.25, 0.3) is 0 Å². The maximum atomic E-state index is 10.9. The molecule has 0 radical (unpaired) electrons. The summed E-state index contributed by atoms with van der Waals surface area (Å²) in [5, 5.41) is 28.9. The Balaban J connectivity index is 3.92. The summed E-state index contributed by atoms with van der Waals surface area (Å²) in [7, 11) is -4.47. The van der Waals surface area contributed by atoms with Crippen molar-refractivity contribution in [3.8, 4) is 0 Å². The largest absolute Gasteiger partial charge is 0.748 e. The fraction of sp³-hybridized carbons (Fsp3) is 1.00. The number of hydrogen-bond acceptors (Lipinski definition) is 6.